The number of nitrogens with two attached hydrogens (primary N) is 1. The Labute approximate surface area is 142 Å². The fourth-order valence-electron chi connectivity index (χ4n) is 3.13. The van der Waals surface area contributed by atoms with E-state index >= 15 is 0 Å². The Morgan fingerprint density at radius 1 is 1.25 bits per heavy atom. The molecule has 1 aliphatic heterocycles. The Bertz CT molecular complexity index is 681. The summed E-state index contributed by atoms with van der Waals surface area (Å²) < 4.78 is 5.79. The molecule has 1 aromatic carbocycles. The number of nitrogens with zero attached hydrogens (tertiary/aromatic N) is 2. The van der Waals surface area contributed by atoms with E-state index in [1.165, 1.54) is 0 Å². The van der Waals surface area contributed by atoms with E-state index in [2.05, 4.69) is 11.1 Å². The van der Waals surface area contributed by atoms with Crippen LogP contribution >= 0.6 is 0 Å². The first-order valence-electron chi connectivity index (χ1n) is 8.68. The van der Waals surface area contributed by atoms with Gasteiger partial charge in [0.2, 0.25) is 5.91 Å². The number of carbonyl (C=O) groups is 1. The Morgan fingerprint density at radius 3 is 2.88 bits per heavy atom. The van der Waals surface area contributed by atoms with Crippen molar-refractivity contribution in [2.45, 2.75) is 31.8 Å². The predicted octanol–water partition coefficient (Wildman–Crippen LogP) is 2.13. The summed E-state index contributed by atoms with van der Waals surface area (Å²) >= 11 is 0. The molecule has 0 saturated carbocycles. The number of hydrogen-bond acceptors (Lipinski definition) is 4. The van der Waals surface area contributed by atoms with Crippen LogP contribution in [0.3, 0.4) is 0 Å². The SMILES string of the molecule is NCCCOC1CCN(C(=O)Cc2ccc3cnccc3c2)CC1. The van der Waals surface area contributed by atoms with E-state index in [1.807, 2.05) is 29.3 Å². The maximum absolute atomic E-state index is 12.5. The largest absolute Gasteiger partial charge is 0.378 e. The van der Waals surface area contributed by atoms with Gasteiger partial charge in [-0.15, -0.1) is 0 Å². The van der Waals surface area contributed by atoms with Gasteiger partial charge in [-0.25, -0.2) is 0 Å². The van der Waals surface area contributed by atoms with Gasteiger partial charge in [0.1, 0.15) is 0 Å². The molecule has 1 aliphatic rings. The quantitative estimate of drug-likeness (QED) is 0.825. The molecular weight excluding hydrogens is 302 g/mol. The number of likely N-dealkylation sites (tertiary alicyclic amines) is 1. The lowest BCUT2D eigenvalue weighted by Crippen LogP contribution is -2.41. The third-order valence-electron chi connectivity index (χ3n) is 4.56. The molecule has 2 aromatic rings. The highest BCUT2D eigenvalue weighted by Crippen LogP contribution is 2.18. The first kappa shape index (κ1) is 16.9. The maximum atomic E-state index is 12.5. The lowest BCUT2D eigenvalue weighted by molar-refractivity contribution is -0.133. The average molecular weight is 327 g/mol. The first-order chi connectivity index (χ1) is 11.8. The smallest absolute Gasteiger partial charge is 0.226 e. The van der Waals surface area contributed by atoms with Gasteiger partial charge in [0.25, 0.3) is 0 Å². The first-order valence-corrected chi connectivity index (χ1v) is 8.68. The number of fused-ring (bicyclic) bond motifs is 1. The van der Waals surface area contributed by atoms with Crippen LogP contribution in [0.25, 0.3) is 10.8 Å². The van der Waals surface area contributed by atoms with Crippen LogP contribution in [-0.4, -0.2) is 48.1 Å². The summed E-state index contributed by atoms with van der Waals surface area (Å²) in [7, 11) is 0. The number of ether oxygens (including phenoxy) is 1. The van der Waals surface area contributed by atoms with Crippen LogP contribution in [0.4, 0.5) is 0 Å². The molecule has 2 heterocycles. The Hall–Kier alpha value is -1.98. The molecule has 1 fully saturated rings. The van der Waals surface area contributed by atoms with Gasteiger partial charge < -0.3 is 15.4 Å². The molecule has 0 radical (unpaired) electrons. The van der Waals surface area contributed by atoms with Crippen molar-refractivity contribution in [2.24, 2.45) is 5.73 Å². The summed E-state index contributed by atoms with van der Waals surface area (Å²) in [6.07, 6.45) is 7.08. The summed E-state index contributed by atoms with van der Waals surface area (Å²) in [5.41, 5.74) is 6.53. The number of hydrogen-bond donors (Lipinski definition) is 1. The monoisotopic (exact) mass is 327 g/mol. The van der Waals surface area contributed by atoms with E-state index in [4.69, 9.17) is 10.5 Å². The number of carbonyl (C=O) groups excluding carboxylic acids is 1. The molecule has 24 heavy (non-hydrogen) atoms. The van der Waals surface area contributed by atoms with E-state index in [9.17, 15) is 4.79 Å². The highest BCUT2D eigenvalue weighted by atomic mass is 16.5. The number of pyridine rings is 1. The molecule has 0 unspecified atom stereocenters. The van der Waals surface area contributed by atoms with Crippen molar-refractivity contribution >= 4 is 16.7 Å². The van der Waals surface area contributed by atoms with Crippen molar-refractivity contribution in [1.82, 2.24) is 9.88 Å². The van der Waals surface area contributed by atoms with E-state index in [-0.39, 0.29) is 12.0 Å². The second-order valence-corrected chi connectivity index (χ2v) is 6.33. The Balaban J connectivity index is 1.51. The molecule has 1 saturated heterocycles. The molecule has 1 aromatic heterocycles. The van der Waals surface area contributed by atoms with Crippen LogP contribution in [0.1, 0.15) is 24.8 Å². The van der Waals surface area contributed by atoms with E-state index in [1.54, 1.807) is 6.20 Å². The second-order valence-electron chi connectivity index (χ2n) is 6.33. The van der Waals surface area contributed by atoms with Gasteiger partial charge in [0.05, 0.1) is 12.5 Å². The van der Waals surface area contributed by atoms with Gasteiger partial charge in [0, 0.05) is 37.5 Å². The van der Waals surface area contributed by atoms with Gasteiger partial charge in [-0.3, -0.25) is 9.78 Å². The van der Waals surface area contributed by atoms with Crippen LogP contribution in [-0.2, 0) is 16.0 Å². The summed E-state index contributed by atoms with van der Waals surface area (Å²) in [6, 6.07) is 8.11. The zero-order valence-corrected chi connectivity index (χ0v) is 14.0. The lowest BCUT2D eigenvalue weighted by Gasteiger charge is -2.32. The van der Waals surface area contributed by atoms with Crippen molar-refractivity contribution in [2.75, 3.05) is 26.2 Å². The molecule has 5 heteroatoms. The second kappa shape index (κ2) is 8.22. The minimum Gasteiger partial charge on any atom is -0.378 e. The Kier molecular flexibility index (Phi) is 5.77. The molecule has 3 rings (SSSR count). The molecule has 0 bridgehead atoms. The maximum Gasteiger partial charge on any atom is 0.226 e. The molecule has 0 atom stereocenters. The number of rotatable bonds is 6. The highest BCUT2D eigenvalue weighted by molar-refractivity contribution is 5.84. The number of piperidine rings is 1. The van der Waals surface area contributed by atoms with Crippen molar-refractivity contribution < 1.29 is 9.53 Å². The normalized spacial score (nSPS) is 15.8. The van der Waals surface area contributed by atoms with Gasteiger partial charge in [-0.05, 0) is 42.8 Å². The minimum absolute atomic E-state index is 0.198. The standard InChI is InChI=1S/C19H25N3O2/c20-7-1-11-24-18-5-9-22(10-6-18)19(23)13-15-2-3-17-14-21-8-4-16(17)12-15/h2-4,8,12,14,18H,1,5-7,9-11,13,20H2. The number of amides is 1. The highest BCUT2D eigenvalue weighted by Gasteiger charge is 2.23. The summed E-state index contributed by atoms with van der Waals surface area (Å²) in [6.45, 7) is 2.95. The summed E-state index contributed by atoms with van der Waals surface area (Å²) in [5, 5.41) is 2.23. The van der Waals surface area contributed by atoms with Crippen molar-refractivity contribution in [3.63, 3.8) is 0 Å². The zero-order chi connectivity index (χ0) is 16.8. The number of benzene rings is 1. The average Bonchev–Trinajstić information content (AvgIpc) is 2.62. The lowest BCUT2D eigenvalue weighted by atomic mass is 10.0. The summed E-state index contributed by atoms with van der Waals surface area (Å²) in [5.74, 6) is 0.198. The molecule has 128 valence electrons. The topological polar surface area (TPSA) is 68.5 Å². The molecule has 0 spiro atoms. The van der Waals surface area contributed by atoms with Crippen molar-refractivity contribution in [3.8, 4) is 0 Å². The van der Waals surface area contributed by atoms with Crippen LogP contribution in [0.5, 0.6) is 0 Å². The minimum atomic E-state index is 0.198. The molecular formula is C19H25N3O2. The van der Waals surface area contributed by atoms with Crippen molar-refractivity contribution in [3.05, 3.63) is 42.2 Å². The molecule has 1 amide bonds. The third kappa shape index (κ3) is 4.30. The van der Waals surface area contributed by atoms with Crippen molar-refractivity contribution in [1.29, 1.82) is 0 Å². The van der Waals surface area contributed by atoms with Gasteiger partial charge in [0.15, 0.2) is 0 Å². The van der Waals surface area contributed by atoms with Crippen LogP contribution in [0.2, 0.25) is 0 Å². The van der Waals surface area contributed by atoms with E-state index in [0.29, 0.717) is 13.0 Å². The van der Waals surface area contributed by atoms with Crippen LogP contribution in [0, 0.1) is 0 Å². The fourth-order valence-corrected chi connectivity index (χ4v) is 3.13. The predicted molar refractivity (Wildman–Crippen MR) is 94.7 cm³/mol. The van der Waals surface area contributed by atoms with Crippen LogP contribution < -0.4 is 5.73 Å². The van der Waals surface area contributed by atoms with Gasteiger partial charge in [-0.2, -0.15) is 0 Å². The Morgan fingerprint density at radius 2 is 2.08 bits per heavy atom. The fraction of sp³-hybridized carbons (Fsp3) is 0.474. The third-order valence-corrected chi connectivity index (χ3v) is 4.56. The number of aromatic nitrogens is 1. The van der Waals surface area contributed by atoms with E-state index in [0.717, 1.165) is 55.3 Å². The van der Waals surface area contributed by atoms with E-state index < -0.39 is 0 Å². The molecule has 0 aliphatic carbocycles. The summed E-state index contributed by atoms with van der Waals surface area (Å²) in [4.78, 5) is 18.6. The zero-order valence-electron chi connectivity index (χ0n) is 14.0. The van der Waals surface area contributed by atoms with Crippen LogP contribution in [0.15, 0.2) is 36.7 Å². The van der Waals surface area contributed by atoms with Gasteiger partial charge >= 0.3 is 0 Å². The molecule has 2 N–H and O–H groups in total. The van der Waals surface area contributed by atoms with Gasteiger partial charge in [-0.1, -0.05) is 18.2 Å². The molecule has 5 nitrogen and oxygen atoms in total.